The van der Waals surface area contributed by atoms with E-state index in [2.05, 4.69) is 25.4 Å². The van der Waals surface area contributed by atoms with Crippen LogP contribution in [0.5, 0.6) is 5.75 Å². The van der Waals surface area contributed by atoms with Crippen LogP contribution in [-0.4, -0.2) is 20.8 Å². The highest BCUT2D eigenvalue weighted by Gasteiger charge is 2.49. The van der Waals surface area contributed by atoms with Crippen molar-refractivity contribution in [3.63, 3.8) is 0 Å². The SMILES string of the molecule is C[C@@H](NS(=O)(=O)c1ccc(OC(F)(F)F)cc1)C1(c2ccc(Br)cc2)CC1. The molecule has 0 bridgehead atoms. The van der Waals surface area contributed by atoms with Gasteiger partial charge in [-0.2, -0.15) is 0 Å². The molecule has 0 radical (unpaired) electrons. The Labute approximate surface area is 163 Å². The normalized spacial score (nSPS) is 17.4. The molecule has 1 aliphatic carbocycles. The van der Waals surface area contributed by atoms with Gasteiger partial charge < -0.3 is 4.74 Å². The lowest BCUT2D eigenvalue weighted by molar-refractivity contribution is -0.274. The van der Waals surface area contributed by atoms with E-state index in [0.29, 0.717) is 0 Å². The second kappa shape index (κ2) is 7.10. The molecule has 1 saturated carbocycles. The van der Waals surface area contributed by atoms with Crippen molar-refractivity contribution in [1.29, 1.82) is 0 Å². The molecule has 0 unspecified atom stereocenters. The fourth-order valence-corrected chi connectivity index (χ4v) is 4.71. The number of hydrogen-bond acceptors (Lipinski definition) is 3. The van der Waals surface area contributed by atoms with Crippen molar-refractivity contribution in [1.82, 2.24) is 4.72 Å². The van der Waals surface area contributed by atoms with Crippen LogP contribution >= 0.6 is 15.9 Å². The third kappa shape index (κ3) is 4.64. The zero-order valence-corrected chi connectivity index (χ0v) is 16.7. The lowest BCUT2D eigenvalue weighted by atomic mass is 9.90. The standard InChI is InChI=1S/C18H17BrF3NO3S/c1-12(17(10-11-17)13-2-4-14(19)5-3-13)23-27(24,25)16-8-6-15(7-9-16)26-18(20,21)22/h2-9,12,23H,10-11H2,1H3/t12-/m1/s1. The molecule has 0 spiro atoms. The van der Waals surface area contributed by atoms with Crippen molar-refractivity contribution < 1.29 is 26.3 Å². The fourth-order valence-electron chi connectivity index (χ4n) is 3.12. The van der Waals surface area contributed by atoms with Crippen LogP contribution in [-0.2, 0) is 15.4 Å². The Morgan fingerprint density at radius 3 is 2.11 bits per heavy atom. The molecule has 27 heavy (non-hydrogen) atoms. The Balaban J connectivity index is 1.75. The Hall–Kier alpha value is -1.58. The molecule has 2 aromatic rings. The molecule has 0 saturated heterocycles. The van der Waals surface area contributed by atoms with E-state index in [9.17, 15) is 21.6 Å². The van der Waals surface area contributed by atoms with Gasteiger partial charge in [-0.25, -0.2) is 13.1 Å². The molecule has 2 aromatic carbocycles. The van der Waals surface area contributed by atoms with Gasteiger partial charge in [-0.15, -0.1) is 13.2 Å². The molecule has 0 aromatic heterocycles. The van der Waals surface area contributed by atoms with E-state index in [1.165, 1.54) is 0 Å². The first-order valence-electron chi connectivity index (χ1n) is 8.16. The van der Waals surface area contributed by atoms with Crippen LogP contribution in [0, 0.1) is 0 Å². The number of alkyl halides is 3. The van der Waals surface area contributed by atoms with Gasteiger partial charge in [-0.1, -0.05) is 28.1 Å². The maximum absolute atomic E-state index is 12.6. The number of hydrogen-bond donors (Lipinski definition) is 1. The van der Waals surface area contributed by atoms with E-state index >= 15 is 0 Å². The number of benzene rings is 2. The number of rotatable bonds is 6. The Morgan fingerprint density at radius 2 is 1.63 bits per heavy atom. The molecule has 9 heteroatoms. The minimum Gasteiger partial charge on any atom is -0.406 e. The first kappa shape index (κ1) is 20.2. The van der Waals surface area contributed by atoms with Gasteiger partial charge in [-0.3, -0.25) is 0 Å². The molecule has 0 amide bonds. The van der Waals surface area contributed by atoms with Crippen LogP contribution < -0.4 is 9.46 Å². The van der Waals surface area contributed by atoms with Gasteiger partial charge in [0.2, 0.25) is 10.0 Å². The van der Waals surface area contributed by atoms with E-state index in [4.69, 9.17) is 0 Å². The Morgan fingerprint density at radius 1 is 1.07 bits per heavy atom. The van der Waals surface area contributed by atoms with Crippen LogP contribution in [0.15, 0.2) is 57.9 Å². The third-order valence-corrected chi connectivity index (χ3v) is 6.82. The predicted molar refractivity (Wildman–Crippen MR) is 98.0 cm³/mol. The molecule has 4 nitrogen and oxygen atoms in total. The highest BCUT2D eigenvalue weighted by Crippen LogP contribution is 2.51. The Kier molecular flexibility index (Phi) is 5.31. The summed E-state index contributed by atoms with van der Waals surface area (Å²) in [4.78, 5) is -0.115. The summed E-state index contributed by atoms with van der Waals surface area (Å²) < 4.78 is 69.2. The second-order valence-corrected chi connectivity index (χ2v) is 9.15. The van der Waals surface area contributed by atoms with E-state index in [1.54, 1.807) is 6.92 Å². The van der Waals surface area contributed by atoms with Crippen molar-refractivity contribution in [2.75, 3.05) is 0 Å². The number of ether oxygens (including phenoxy) is 1. The molecule has 146 valence electrons. The minimum atomic E-state index is -4.82. The highest BCUT2D eigenvalue weighted by atomic mass is 79.9. The van der Waals surface area contributed by atoms with Crippen molar-refractivity contribution >= 4 is 26.0 Å². The zero-order valence-electron chi connectivity index (χ0n) is 14.3. The molecule has 1 aliphatic rings. The van der Waals surface area contributed by atoms with Gasteiger partial charge in [0, 0.05) is 15.9 Å². The van der Waals surface area contributed by atoms with Crippen molar-refractivity contribution in [2.45, 2.75) is 42.5 Å². The smallest absolute Gasteiger partial charge is 0.406 e. The summed E-state index contributed by atoms with van der Waals surface area (Å²) in [6.07, 6.45) is -3.11. The van der Waals surface area contributed by atoms with Crippen molar-refractivity contribution in [2.24, 2.45) is 0 Å². The first-order valence-corrected chi connectivity index (χ1v) is 10.4. The molecule has 1 atom stereocenters. The van der Waals surface area contributed by atoms with E-state index in [0.717, 1.165) is 47.1 Å². The van der Waals surface area contributed by atoms with Crippen LogP contribution in [0.1, 0.15) is 25.3 Å². The summed E-state index contributed by atoms with van der Waals surface area (Å²) in [7, 11) is -3.88. The highest BCUT2D eigenvalue weighted by molar-refractivity contribution is 9.10. The quantitative estimate of drug-likeness (QED) is 0.672. The molecule has 0 aliphatic heterocycles. The fraction of sp³-hybridized carbons (Fsp3) is 0.333. The van der Waals surface area contributed by atoms with E-state index in [-0.39, 0.29) is 16.4 Å². The van der Waals surface area contributed by atoms with Gasteiger partial charge in [0.05, 0.1) is 4.90 Å². The molecule has 3 rings (SSSR count). The first-order chi connectivity index (χ1) is 12.5. The van der Waals surface area contributed by atoms with E-state index in [1.807, 2.05) is 24.3 Å². The largest absolute Gasteiger partial charge is 0.573 e. The Bertz CT molecular complexity index is 908. The number of nitrogens with one attached hydrogen (secondary N) is 1. The summed E-state index contributed by atoms with van der Waals surface area (Å²) in [5.74, 6) is -0.469. The lowest BCUT2D eigenvalue weighted by Gasteiger charge is -2.25. The predicted octanol–water partition coefficient (Wildman–Crippen LogP) is 4.75. The monoisotopic (exact) mass is 463 g/mol. The number of sulfonamides is 1. The molecule has 0 heterocycles. The lowest BCUT2D eigenvalue weighted by Crippen LogP contribution is -2.41. The van der Waals surface area contributed by atoms with E-state index < -0.39 is 22.1 Å². The van der Waals surface area contributed by atoms with Crippen LogP contribution in [0.25, 0.3) is 0 Å². The average Bonchev–Trinajstić information content (AvgIpc) is 3.36. The van der Waals surface area contributed by atoms with Gasteiger partial charge in [0.1, 0.15) is 5.75 Å². The zero-order chi connectivity index (χ0) is 19.9. The second-order valence-electron chi connectivity index (χ2n) is 6.53. The molecule has 1 fully saturated rings. The summed E-state index contributed by atoms with van der Waals surface area (Å²) in [6, 6.07) is 11.5. The number of halogens is 4. The van der Waals surface area contributed by atoms with Crippen LogP contribution in [0.4, 0.5) is 13.2 Å². The summed E-state index contributed by atoms with van der Waals surface area (Å²) in [6.45, 7) is 1.80. The summed E-state index contributed by atoms with van der Waals surface area (Å²) in [5.41, 5.74) is 0.780. The van der Waals surface area contributed by atoms with Crippen LogP contribution in [0.3, 0.4) is 0 Å². The van der Waals surface area contributed by atoms with Gasteiger partial charge in [0.15, 0.2) is 0 Å². The average molecular weight is 464 g/mol. The maximum Gasteiger partial charge on any atom is 0.573 e. The molecule has 1 N–H and O–H groups in total. The maximum atomic E-state index is 12.6. The summed E-state index contributed by atoms with van der Waals surface area (Å²) >= 11 is 3.38. The van der Waals surface area contributed by atoms with Crippen molar-refractivity contribution in [3.8, 4) is 5.75 Å². The van der Waals surface area contributed by atoms with Gasteiger partial charge >= 0.3 is 6.36 Å². The van der Waals surface area contributed by atoms with Gasteiger partial charge in [-0.05, 0) is 61.7 Å². The minimum absolute atomic E-state index is 0.115. The molecular weight excluding hydrogens is 447 g/mol. The van der Waals surface area contributed by atoms with Crippen LogP contribution in [0.2, 0.25) is 0 Å². The topological polar surface area (TPSA) is 55.4 Å². The third-order valence-electron chi connectivity index (χ3n) is 4.74. The molecular formula is C18H17BrF3NO3S. The van der Waals surface area contributed by atoms with Crippen molar-refractivity contribution in [3.05, 3.63) is 58.6 Å². The van der Waals surface area contributed by atoms with Gasteiger partial charge in [0.25, 0.3) is 0 Å². The summed E-state index contributed by atoms with van der Waals surface area (Å²) in [5, 5.41) is 0.